The summed E-state index contributed by atoms with van der Waals surface area (Å²) in [5, 5.41) is 10.9. The molecule has 0 amide bonds. The maximum atomic E-state index is 10.5. The van der Waals surface area contributed by atoms with Crippen molar-refractivity contribution in [2.24, 2.45) is 5.16 Å². The molecule has 2 N–H and O–H groups in total. The minimum Gasteiger partial charge on any atom is -0.411 e. The second-order valence-corrected chi connectivity index (χ2v) is 1.73. The van der Waals surface area contributed by atoms with Gasteiger partial charge in [-0.3, -0.25) is 4.79 Å². The highest BCUT2D eigenvalue weighted by atomic mass is 16.4. The lowest BCUT2D eigenvalue weighted by Crippen LogP contribution is -2.02. The van der Waals surface area contributed by atoms with Crippen LogP contribution in [0.25, 0.3) is 0 Å². The Morgan fingerprint density at radius 2 is 2.40 bits per heavy atom. The Labute approximate surface area is 56.8 Å². The summed E-state index contributed by atoms with van der Waals surface area (Å²) in [6.07, 6.45) is 2.69. The van der Waals surface area contributed by atoms with Gasteiger partial charge in [0.2, 0.25) is 5.56 Å². The molecule has 0 atom stereocenters. The highest BCUT2D eigenvalue weighted by molar-refractivity contribution is 5.78. The van der Waals surface area contributed by atoms with Gasteiger partial charge in [0.25, 0.3) is 0 Å². The van der Waals surface area contributed by atoms with E-state index in [0.29, 0.717) is 5.56 Å². The second kappa shape index (κ2) is 2.82. The molecule has 0 fully saturated rings. The van der Waals surface area contributed by atoms with Crippen LogP contribution in [-0.2, 0) is 0 Å². The number of H-pyrrole nitrogens is 1. The van der Waals surface area contributed by atoms with Gasteiger partial charge in [-0.05, 0) is 6.07 Å². The molecule has 0 bridgehead atoms. The molecule has 0 unspecified atom stereocenters. The Morgan fingerprint density at radius 3 is 2.90 bits per heavy atom. The summed E-state index contributed by atoms with van der Waals surface area (Å²) >= 11 is 0. The molecule has 1 aromatic rings. The molecule has 0 aliphatic rings. The summed E-state index contributed by atoms with van der Waals surface area (Å²) in [5.74, 6) is 0. The fourth-order valence-electron chi connectivity index (χ4n) is 0.570. The van der Waals surface area contributed by atoms with Gasteiger partial charge in [-0.2, -0.15) is 0 Å². The molecule has 52 valence electrons. The first kappa shape index (κ1) is 6.54. The van der Waals surface area contributed by atoms with Crippen molar-refractivity contribution in [3.05, 3.63) is 34.2 Å². The van der Waals surface area contributed by atoms with Gasteiger partial charge in [0.1, 0.15) is 0 Å². The third-order valence-corrected chi connectivity index (χ3v) is 1.02. The van der Waals surface area contributed by atoms with Crippen LogP contribution in [0.2, 0.25) is 0 Å². The molecule has 0 saturated carbocycles. The smallest absolute Gasteiger partial charge is 0.247 e. The third-order valence-electron chi connectivity index (χ3n) is 1.02. The molecule has 0 aliphatic carbocycles. The average Bonchev–Trinajstić information content (AvgIpc) is 1.95. The average molecular weight is 138 g/mol. The van der Waals surface area contributed by atoms with Gasteiger partial charge in [0, 0.05) is 17.8 Å². The molecule has 4 heteroatoms. The van der Waals surface area contributed by atoms with E-state index in [2.05, 4.69) is 10.1 Å². The zero-order valence-corrected chi connectivity index (χ0v) is 5.11. The summed E-state index contributed by atoms with van der Waals surface area (Å²) in [6, 6.07) is 2.91. The summed E-state index contributed by atoms with van der Waals surface area (Å²) in [6.45, 7) is 0. The normalized spacial score (nSPS) is 10.4. The number of nitrogens with zero attached hydrogens (tertiary/aromatic N) is 1. The first-order valence-electron chi connectivity index (χ1n) is 2.69. The number of hydrogen-bond donors (Lipinski definition) is 2. The van der Waals surface area contributed by atoms with E-state index in [1.54, 1.807) is 6.07 Å². The molecule has 1 rings (SSSR count). The molecule has 0 spiro atoms. The standard InChI is InChI=1S/C6H6N2O2/c9-6-2-1-5(3-7-6)4-8-10/h1-4,10H,(H,7,9)/b8-4-. The van der Waals surface area contributed by atoms with Crippen molar-refractivity contribution in [3.8, 4) is 0 Å². The summed E-state index contributed by atoms with van der Waals surface area (Å²) in [5.41, 5.74) is 0.484. The Balaban J connectivity index is 3.00. The molecule has 0 aliphatic heterocycles. The van der Waals surface area contributed by atoms with E-state index in [1.165, 1.54) is 18.5 Å². The zero-order chi connectivity index (χ0) is 7.40. The van der Waals surface area contributed by atoms with Crippen molar-refractivity contribution < 1.29 is 5.21 Å². The van der Waals surface area contributed by atoms with Gasteiger partial charge >= 0.3 is 0 Å². The zero-order valence-electron chi connectivity index (χ0n) is 5.11. The SMILES string of the molecule is O=c1ccc(/C=N\O)c[nH]1. The first-order valence-corrected chi connectivity index (χ1v) is 2.69. The lowest BCUT2D eigenvalue weighted by atomic mass is 10.3. The number of pyridine rings is 1. The van der Waals surface area contributed by atoms with Gasteiger partial charge in [-0.15, -0.1) is 0 Å². The van der Waals surface area contributed by atoms with Gasteiger partial charge in [0.05, 0.1) is 6.21 Å². The third kappa shape index (κ3) is 1.45. The van der Waals surface area contributed by atoms with Crippen LogP contribution < -0.4 is 5.56 Å². The Morgan fingerprint density at radius 1 is 1.60 bits per heavy atom. The van der Waals surface area contributed by atoms with Gasteiger partial charge in [-0.25, -0.2) is 0 Å². The number of rotatable bonds is 1. The van der Waals surface area contributed by atoms with E-state index >= 15 is 0 Å². The maximum Gasteiger partial charge on any atom is 0.247 e. The monoisotopic (exact) mass is 138 g/mol. The van der Waals surface area contributed by atoms with Crippen molar-refractivity contribution in [1.29, 1.82) is 0 Å². The topological polar surface area (TPSA) is 65.4 Å². The molecule has 1 heterocycles. The van der Waals surface area contributed by atoms with Crippen LogP contribution in [0.5, 0.6) is 0 Å². The van der Waals surface area contributed by atoms with Crippen molar-refractivity contribution in [1.82, 2.24) is 4.98 Å². The van der Waals surface area contributed by atoms with Crippen LogP contribution in [-0.4, -0.2) is 16.4 Å². The van der Waals surface area contributed by atoms with E-state index in [-0.39, 0.29) is 5.56 Å². The fourth-order valence-corrected chi connectivity index (χ4v) is 0.570. The molecule has 0 aromatic carbocycles. The van der Waals surface area contributed by atoms with Crippen LogP contribution in [0.15, 0.2) is 28.3 Å². The number of nitrogens with one attached hydrogen (secondary N) is 1. The number of oxime groups is 1. The molecular weight excluding hydrogens is 132 g/mol. The van der Waals surface area contributed by atoms with Gasteiger partial charge in [0.15, 0.2) is 0 Å². The van der Waals surface area contributed by atoms with E-state index in [0.717, 1.165) is 0 Å². The summed E-state index contributed by atoms with van der Waals surface area (Å²) in [4.78, 5) is 12.9. The van der Waals surface area contributed by atoms with Crippen LogP contribution in [0.3, 0.4) is 0 Å². The van der Waals surface area contributed by atoms with E-state index in [4.69, 9.17) is 5.21 Å². The summed E-state index contributed by atoms with van der Waals surface area (Å²) < 4.78 is 0. The van der Waals surface area contributed by atoms with Crippen molar-refractivity contribution in [2.45, 2.75) is 0 Å². The molecular formula is C6H6N2O2. The molecule has 4 nitrogen and oxygen atoms in total. The quantitative estimate of drug-likeness (QED) is 0.330. The molecule has 0 radical (unpaired) electrons. The van der Waals surface area contributed by atoms with E-state index in [1.807, 2.05) is 0 Å². The van der Waals surface area contributed by atoms with Crippen LogP contribution in [0.4, 0.5) is 0 Å². The second-order valence-electron chi connectivity index (χ2n) is 1.73. The number of aromatic amines is 1. The lowest BCUT2D eigenvalue weighted by Gasteiger charge is -1.86. The van der Waals surface area contributed by atoms with E-state index in [9.17, 15) is 4.79 Å². The molecule has 0 saturated heterocycles. The van der Waals surface area contributed by atoms with Crippen molar-refractivity contribution in [2.75, 3.05) is 0 Å². The Hall–Kier alpha value is -1.58. The minimum atomic E-state index is -0.171. The van der Waals surface area contributed by atoms with Crippen molar-refractivity contribution >= 4 is 6.21 Å². The summed E-state index contributed by atoms with van der Waals surface area (Å²) in [7, 11) is 0. The maximum absolute atomic E-state index is 10.5. The first-order chi connectivity index (χ1) is 4.83. The van der Waals surface area contributed by atoms with Gasteiger partial charge < -0.3 is 10.2 Å². The van der Waals surface area contributed by atoms with Gasteiger partial charge in [-0.1, -0.05) is 5.16 Å². The Bertz CT molecular complexity index is 270. The molecule has 10 heavy (non-hydrogen) atoms. The van der Waals surface area contributed by atoms with E-state index < -0.39 is 0 Å². The minimum absolute atomic E-state index is 0.171. The van der Waals surface area contributed by atoms with Crippen LogP contribution >= 0.6 is 0 Å². The largest absolute Gasteiger partial charge is 0.411 e. The van der Waals surface area contributed by atoms with Crippen molar-refractivity contribution in [3.63, 3.8) is 0 Å². The number of aromatic nitrogens is 1. The lowest BCUT2D eigenvalue weighted by molar-refractivity contribution is 0.322. The highest BCUT2D eigenvalue weighted by Crippen LogP contribution is 1.85. The van der Waals surface area contributed by atoms with Crippen LogP contribution in [0.1, 0.15) is 5.56 Å². The predicted molar refractivity (Wildman–Crippen MR) is 36.4 cm³/mol. The highest BCUT2D eigenvalue weighted by Gasteiger charge is 1.84. The molecule has 1 aromatic heterocycles. The fraction of sp³-hybridized carbons (Fsp3) is 0. The number of hydrogen-bond acceptors (Lipinski definition) is 3. The van der Waals surface area contributed by atoms with Crippen LogP contribution in [0, 0.1) is 0 Å². The Kier molecular flexibility index (Phi) is 1.84. The predicted octanol–water partition coefficient (Wildman–Crippen LogP) is 0.183.